The van der Waals surface area contributed by atoms with Gasteiger partial charge in [0, 0.05) is 11.6 Å². The summed E-state index contributed by atoms with van der Waals surface area (Å²) in [5, 5.41) is 19.0. The molecule has 0 amide bonds. The Morgan fingerprint density at radius 3 is 2.62 bits per heavy atom. The summed E-state index contributed by atoms with van der Waals surface area (Å²) in [7, 11) is 1.59. The molecule has 5 heteroatoms. The van der Waals surface area contributed by atoms with Crippen LogP contribution in [0.4, 0.5) is 11.4 Å². The Labute approximate surface area is 121 Å². The highest BCUT2D eigenvalue weighted by Gasteiger charge is 2.06. The van der Waals surface area contributed by atoms with Gasteiger partial charge >= 0.3 is 0 Å². The van der Waals surface area contributed by atoms with Gasteiger partial charge in [0.1, 0.15) is 22.7 Å². The topological polar surface area (TPSA) is 67.1 Å². The molecule has 0 fully saturated rings. The van der Waals surface area contributed by atoms with Crippen molar-refractivity contribution >= 4 is 22.3 Å². The highest BCUT2D eigenvalue weighted by molar-refractivity contribution is 5.93. The molecule has 0 aliphatic carbocycles. The molecule has 3 aromatic rings. The lowest BCUT2D eigenvalue weighted by atomic mass is 10.2. The summed E-state index contributed by atoms with van der Waals surface area (Å²) in [6.07, 6.45) is 1.63. The molecule has 0 spiro atoms. The monoisotopic (exact) mass is 279 g/mol. The summed E-state index contributed by atoms with van der Waals surface area (Å²) in [4.78, 5) is 4.15. The molecule has 2 aromatic carbocycles. The van der Waals surface area contributed by atoms with E-state index in [1.165, 1.54) is 0 Å². The van der Waals surface area contributed by atoms with E-state index in [9.17, 15) is 5.11 Å². The zero-order valence-electron chi connectivity index (χ0n) is 11.4. The standard InChI is InChI=1S/C16H13N3O2/c1-21-15-7-3-2-6-13(15)19-18-12-8-9-14(20)16-11(12)5-4-10-17-16/h2-10,20H,1H3. The summed E-state index contributed by atoms with van der Waals surface area (Å²) >= 11 is 0. The Morgan fingerprint density at radius 1 is 0.952 bits per heavy atom. The lowest BCUT2D eigenvalue weighted by molar-refractivity contribution is 0.416. The molecule has 5 nitrogen and oxygen atoms in total. The molecular formula is C16H13N3O2. The van der Waals surface area contributed by atoms with Gasteiger partial charge in [0.05, 0.1) is 12.8 Å². The summed E-state index contributed by atoms with van der Waals surface area (Å²) in [5.74, 6) is 0.782. The Hall–Kier alpha value is -2.95. The van der Waals surface area contributed by atoms with Crippen molar-refractivity contribution in [3.8, 4) is 11.5 Å². The summed E-state index contributed by atoms with van der Waals surface area (Å²) in [6, 6.07) is 14.3. The third-order valence-corrected chi connectivity index (χ3v) is 3.08. The minimum absolute atomic E-state index is 0.127. The van der Waals surface area contributed by atoms with Gasteiger partial charge in [-0.15, -0.1) is 10.2 Å². The molecule has 1 N–H and O–H groups in total. The van der Waals surface area contributed by atoms with Crippen LogP contribution in [0.2, 0.25) is 0 Å². The van der Waals surface area contributed by atoms with E-state index in [2.05, 4.69) is 15.2 Å². The molecular weight excluding hydrogens is 266 g/mol. The SMILES string of the molecule is COc1ccccc1N=Nc1ccc(O)c2ncccc12. The van der Waals surface area contributed by atoms with Gasteiger partial charge in [-0.25, -0.2) is 0 Å². The van der Waals surface area contributed by atoms with Crippen molar-refractivity contribution in [2.24, 2.45) is 10.2 Å². The Balaban J connectivity index is 2.06. The smallest absolute Gasteiger partial charge is 0.146 e. The summed E-state index contributed by atoms with van der Waals surface area (Å²) in [5.41, 5.74) is 1.79. The number of benzene rings is 2. The van der Waals surface area contributed by atoms with Crippen LogP contribution in [0.1, 0.15) is 0 Å². The van der Waals surface area contributed by atoms with Crippen molar-refractivity contribution in [1.29, 1.82) is 0 Å². The largest absolute Gasteiger partial charge is 0.506 e. The van der Waals surface area contributed by atoms with Crippen LogP contribution >= 0.6 is 0 Å². The quantitative estimate of drug-likeness (QED) is 0.724. The zero-order chi connectivity index (χ0) is 14.7. The van der Waals surface area contributed by atoms with Crippen LogP contribution in [0.3, 0.4) is 0 Å². The third-order valence-electron chi connectivity index (χ3n) is 3.08. The van der Waals surface area contributed by atoms with Gasteiger partial charge in [-0.2, -0.15) is 0 Å². The Kier molecular flexibility index (Phi) is 3.47. The normalized spacial score (nSPS) is 11.1. The maximum Gasteiger partial charge on any atom is 0.146 e. The van der Waals surface area contributed by atoms with Crippen molar-refractivity contribution in [2.45, 2.75) is 0 Å². The second-order valence-corrected chi connectivity index (χ2v) is 4.38. The fourth-order valence-corrected chi connectivity index (χ4v) is 2.05. The highest BCUT2D eigenvalue weighted by atomic mass is 16.5. The van der Waals surface area contributed by atoms with Gasteiger partial charge in [0.2, 0.25) is 0 Å². The second kappa shape index (κ2) is 5.58. The number of pyridine rings is 1. The van der Waals surface area contributed by atoms with Crippen molar-refractivity contribution < 1.29 is 9.84 Å². The molecule has 21 heavy (non-hydrogen) atoms. The molecule has 3 rings (SSSR count). The van der Waals surface area contributed by atoms with Crippen LogP contribution < -0.4 is 4.74 Å². The number of fused-ring (bicyclic) bond motifs is 1. The van der Waals surface area contributed by atoms with E-state index >= 15 is 0 Å². The molecule has 0 unspecified atom stereocenters. The zero-order valence-corrected chi connectivity index (χ0v) is 11.4. The average Bonchev–Trinajstić information content (AvgIpc) is 2.55. The fraction of sp³-hybridized carbons (Fsp3) is 0.0625. The minimum atomic E-state index is 0.127. The number of aromatic nitrogens is 1. The second-order valence-electron chi connectivity index (χ2n) is 4.38. The first-order valence-corrected chi connectivity index (χ1v) is 6.41. The van der Waals surface area contributed by atoms with E-state index in [4.69, 9.17) is 4.74 Å². The lowest BCUT2D eigenvalue weighted by Gasteiger charge is -2.04. The van der Waals surface area contributed by atoms with E-state index in [1.54, 1.807) is 31.5 Å². The number of ether oxygens (including phenoxy) is 1. The van der Waals surface area contributed by atoms with Crippen molar-refractivity contribution in [3.05, 3.63) is 54.7 Å². The maximum atomic E-state index is 9.81. The molecule has 0 atom stereocenters. The molecule has 0 aliphatic heterocycles. The number of methoxy groups -OCH3 is 1. The number of hydrogen-bond donors (Lipinski definition) is 1. The van der Waals surface area contributed by atoms with Crippen molar-refractivity contribution in [2.75, 3.05) is 7.11 Å². The van der Waals surface area contributed by atoms with E-state index in [-0.39, 0.29) is 5.75 Å². The van der Waals surface area contributed by atoms with Crippen LogP contribution in [0, 0.1) is 0 Å². The maximum absolute atomic E-state index is 9.81. The molecule has 104 valence electrons. The number of phenolic OH excluding ortho intramolecular Hbond substituents is 1. The number of rotatable bonds is 3. The first-order chi connectivity index (χ1) is 10.3. The first kappa shape index (κ1) is 13.1. The number of hydrogen-bond acceptors (Lipinski definition) is 5. The molecule has 0 saturated heterocycles. The van der Waals surface area contributed by atoms with Crippen LogP contribution in [0.5, 0.6) is 11.5 Å². The molecule has 0 saturated carbocycles. The molecule has 0 bridgehead atoms. The van der Waals surface area contributed by atoms with E-state index in [1.807, 2.05) is 30.3 Å². The van der Waals surface area contributed by atoms with Gasteiger partial charge in [0.15, 0.2) is 0 Å². The van der Waals surface area contributed by atoms with Crippen LogP contribution in [0.15, 0.2) is 65.0 Å². The van der Waals surface area contributed by atoms with Gasteiger partial charge in [-0.3, -0.25) is 4.98 Å². The molecule has 1 heterocycles. The lowest BCUT2D eigenvalue weighted by Crippen LogP contribution is -1.82. The summed E-state index contributed by atoms with van der Waals surface area (Å²) < 4.78 is 5.23. The predicted octanol–water partition coefficient (Wildman–Crippen LogP) is 4.36. The van der Waals surface area contributed by atoms with E-state index < -0.39 is 0 Å². The average molecular weight is 279 g/mol. The molecule has 1 aromatic heterocycles. The number of para-hydroxylation sites is 1. The number of nitrogens with zero attached hydrogens (tertiary/aromatic N) is 3. The Bertz CT molecular complexity index is 815. The van der Waals surface area contributed by atoms with Crippen LogP contribution in [-0.4, -0.2) is 17.2 Å². The minimum Gasteiger partial charge on any atom is -0.506 e. The predicted molar refractivity (Wildman–Crippen MR) is 80.6 cm³/mol. The first-order valence-electron chi connectivity index (χ1n) is 6.41. The molecule has 0 radical (unpaired) electrons. The van der Waals surface area contributed by atoms with Crippen molar-refractivity contribution in [3.63, 3.8) is 0 Å². The number of phenols is 1. The highest BCUT2D eigenvalue weighted by Crippen LogP contribution is 2.33. The van der Waals surface area contributed by atoms with E-state index in [0.717, 1.165) is 5.39 Å². The van der Waals surface area contributed by atoms with Gasteiger partial charge < -0.3 is 9.84 Å². The fourth-order valence-electron chi connectivity index (χ4n) is 2.05. The van der Waals surface area contributed by atoms with Crippen LogP contribution in [0.25, 0.3) is 10.9 Å². The number of aromatic hydroxyl groups is 1. The van der Waals surface area contributed by atoms with Gasteiger partial charge in [0.25, 0.3) is 0 Å². The van der Waals surface area contributed by atoms with Gasteiger partial charge in [-0.1, -0.05) is 12.1 Å². The third kappa shape index (κ3) is 2.53. The summed E-state index contributed by atoms with van der Waals surface area (Å²) in [6.45, 7) is 0. The van der Waals surface area contributed by atoms with Crippen LogP contribution in [-0.2, 0) is 0 Å². The Morgan fingerprint density at radius 2 is 1.76 bits per heavy atom. The molecule has 0 aliphatic rings. The van der Waals surface area contributed by atoms with Crippen molar-refractivity contribution in [1.82, 2.24) is 4.98 Å². The van der Waals surface area contributed by atoms with E-state index in [0.29, 0.717) is 22.6 Å². The number of azo groups is 1. The van der Waals surface area contributed by atoms with Gasteiger partial charge in [-0.05, 0) is 36.4 Å².